The molecule has 0 aliphatic carbocycles. The Morgan fingerprint density at radius 1 is 1.12 bits per heavy atom. The summed E-state index contributed by atoms with van der Waals surface area (Å²) in [6, 6.07) is 9.49. The Bertz CT molecular complexity index is 418. The lowest BCUT2D eigenvalue weighted by molar-refractivity contribution is -0.136. The maximum atomic E-state index is 12.0. The minimum Gasteiger partial charge on any atom is -0.284 e. The van der Waals surface area contributed by atoms with E-state index in [0.29, 0.717) is 0 Å². The van der Waals surface area contributed by atoms with Gasteiger partial charge < -0.3 is 0 Å². The van der Waals surface area contributed by atoms with Crippen molar-refractivity contribution in [2.75, 3.05) is 13.3 Å². The molecule has 0 unspecified atom stereocenters. The summed E-state index contributed by atoms with van der Waals surface area (Å²) >= 11 is 1.44. The van der Waals surface area contributed by atoms with Gasteiger partial charge in [-0.15, -0.1) is 0 Å². The zero-order chi connectivity index (χ0) is 11.7. The van der Waals surface area contributed by atoms with Crippen molar-refractivity contribution < 1.29 is 9.59 Å². The molecule has 1 aromatic rings. The summed E-state index contributed by atoms with van der Waals surface area (Å²) in [6.07, 6.45) is 1.87. The third kappa shape index (κ3) is 1.63. The van der Waals surface area contributed by atoms with Crippen molar-refractivity contribution in [3.63, 3.8) is 0 Å². The van der Waals surface area contributed by atoms with Gasteiger partial charge in [0.05, 0.1) is 11.2 Å². The number of likely N-dealkylation sites (tertiary alicyclic amines) is 1. The van der Waals surface area contributed by atoms with Crippen molar-refractivity contribution in [1.29, 1.82) is 0 Å². The predicted molar refractivity (Wildman–Crippen MR) is 64.3 cm³/mol. The van der Waals surface area contributed by atoms with Crippen LogP contribution in [0.25, 0.3) is 0 Å². The van der Waals surface area contributed by atoms with Crippen LogP contribution in [0.4, 0.5) is 0 Å². The van der Waals surface area contributed by atoms with Crippen molar-refractivity contribution in [1.82, 2.24) is 4.90 Å². The number of likely N-dealkylation sites (N-methyl/N-ethyl adjacent to an activating group) is 1. The summed E-state index contributed by atoms with van der Waals surface area (Å²) in [5.41, 5.74) is 0.921. The van der Waals surface area contributed by atoms with Gasteiger partial charge in [-0.3, -0.25) is 14.5 Å². The van der Waals surface area contributed by atoms with E-state index >= 15 is 0 Å². The zero-order valence-electron chi connectivity index (χ0n) is 9.21. The van der Waals surface area contributed by atoms with Crippen molar-refractivity contribution in [3.05, 3.63) is 35.9 Å². The number of hydrogen-bond acceptors (Lipinski definition) is 3. The summed E-state index contributed by atoms with van der Waals surface area (Å²) in [5.74, 6) is -0.518. The maximum Gasteiger partial charge on any atom is 0.243 e. The van der Waals surface area contributed by atoms with Crippen molar-refractivity contribution in [2.45, 2.75) is 11.2 Å². The minimum absolute atomic E-state index is 0.0913. The lowest BCUT2D eigenvalue weighted by Gasteiger charge is -2.12. The number of rotatable bonds is 2. The van der Waals surface area contributed by atoms with Crippen LogP contribution in [0.2, 0.25) is 0 Å². The highest BCUT2D eigenvalue weighted by atomic mass is 32.2. The molecule has 4 heteroatoms. The standard InChI is InChI=1S/C12H13NO2S/c1-13-11(14)9(10(16-2)12(13)15)8-6-4-3-5-7-8/h3-7,9-10H,1-2H3/t9-,10-/m0/s1. The first-order valence-corrected chi connectivity index (χ1v) is 6.34. The fraction of sp³-hybridized carbons (Fsp3) is 0.333. The van der Waals surface area contributed by atoms with Gasteiger partial charge in [-0.2, -0.15) is 11.8 Å². The normalized spacial score (nSPS) is 25.2. The van der Waals surface area contributed by atoms with Gasteiger partial charge in [-0.1, -0.05) is 30.3 Å². The van der Waals surface area contributed by atoms with Crippen molar-refractivity contribution in [2.24, 2.45) is 0 Å². The monoisotopic (exact) mass is 235 g/mol. The number of benzene rings is 1. The number of imide groups is 1. The lowest BCUT2D eigenvalue weighted by atomic mass is 9.97. The van der Waals surface area contributed by atoms with Crippen LogP contribution in [0.5, 0.6) is 0 Å². The van der Waals surface area contributed by atoms with E-state index in [1.807, 2.05) is 36.6 Å². The molecule has 2 atom stereocenters. The highest BCUT2D eigenvalue weighted by molar-refractivity contribution is 8.00. The number of hydrogen-bond donors (Lipinski definition) is 0. The molecule has 1 aliphatic rings. The predicted octanol–water partition coefficient (Wildman–Crippen LogP) is 1.50. The van der Waals surface area contributed by atoms with Crippen molar-refractivity contribution >= 4 is 23.6 Å². The SMILES string of the molecule is CS[C@@H]1C(=O)N(C)C(=O)[C@H]1c1ccccc1. The second kappa shape index (κ2) is 4.29. The highest BCUT2D eigenvalue weighted by Crippen LogP contribution is 2.35. The van der Waals surface area contributed by atoms with E-state index in [1.165, 1.54) is 16.7 Å². The molecule has 0 radical (unpaired) electrons. The lowest BCUT2D eigenvalue weighted by Crippen LogP contribution is -2.26. The molecule has 1 heterocycles. The quantitative estimate of drug-likeness (QED) is 0.729. The number of carbonyl (C=O) groups is 2. The first-order chi connectivity index (χ1) is 7.66. The zero-order valence-corrected chi connectivity index (χ0v) is 10.0. The summed E-state index contributed by atoms with van der Waals surface area (Å²) < 4.78 is 0. The topological polar surface area (TPSA) is 37.4 Å². The third-order valence-electron chi connectivity index (χ3n) is 2.89. The van der Waals surface area contributed by atoms with E-state index in [-0.39, 0.29) is 23.0 Å². The average Bonchev–Trinajstić information content (AvgIpc) is 2.54. The van der Waals surface area contributed by atoms with Crippen LogP contribution in [-0.2, 0) is 9.59 Å². The number of nitrogens with zero attached hydrogens (tertiary/aromatic N) is 1. The molecular formula is C12H13NO2S. The number of thioether (sulfide) groups is 1. The number of carbonyl (C=O) groups excluding carboxylic acids is 2. The molecule has 1 saturated heterocycles. The summed E-state index contributed by atoms with van der Waals surface area (Å²) in [4.78, 5) is 25.0. The highest BCUT2D eigenvalue weighted by Gasteiger charge is 2.45. The van der Waals surface area contributed by atoms with Gasteiger partial charge in [0.2, 0.25) is 11.8 Å². The molecule has 84 valence electrons. The van der Waals surface area contributed by atoms with Crippen LogP contribution >= 0.6 is 11.8 Å². The minimum atomic E-state index is -0.325. The molecule has 16 heavy (non-hydrogen) atoms. The molecule has 0 bridgehead atoms. The van der Waals surface area contributed by atoms with E-state index in [4.69, 9.17) is 0 Å². The number of amides is 2. The van der Waals surface area contributed by atoms with Gasteiger partial charge in [0.15, 0.2) is 0 Å². The molecule has 2 rings (SSSR count). The molecule has 1 aromatic carbocycles. The molecule has 0 spiro atoms. The second-order valence-corrected chi connectivity index (χ2v) is 4.76. The van der Waals surface area contributed by atoms with E-state index in [0.717, 1.165) is 5.56 Å². The van der Waals surface area contributed by atoms with E-state index < -0.39 is 0 Å². The van der Waals surface area contributed by atoms with Gasteiger partial charge >= 0.3 is 0 Å². The molecule has 0 aromatic heterocycles. The molecule has 0 N–H and O–H groups in total. The van der Waals surface area contributed by atoms with E-state index in [1.54, 1.807) is 7.05 Å². The van der Waals surface area contributed by atoms with Crippen LogP contribution in [0.3, 0.4) is 0 Å². The average molecular weight is 235 g/mol. The Hall–Kier alpha value is -1.29. The fourth-order valence-corrected chi connectivity index (χ4v) is 2.90. The van der Waals surface area contributed by atoms with Crippen molar-refractivity contribution in [3.8, 4) is 0 Å². The van der Waals surface area contributed by atoms with Crippen LogP contribution in [0, 0.1) is 0 Å². The first kappa shape index (κ1) is 11.2. The molecule has 2 amide bonds. The Labute approximate surface area is 98.8 Å². The van der Waals surface area contributed by atoms with Gasteiger partial charge in [-0.25, -0.2) is 0 Å². The molecule has 0 saturated carbocycles. The fourth-order valence-electron chi connectivity index (χ4n) is 1.99. The van der Waals surface area contributed by atoms with Gasteiger partial charge in [0, 0.05) is 7.05 Å². The molecule has 1 fully saturated rings. The Kier molecular flexibility index (Phi) is 3.01. The Morgan fingerprint density at radius 3 is 2.31 bits per heavy atom. The second-order valence-electron chi connectivity index (χ2n) is 3.78. The summed E-state index contributed by atoms with van der Waals surface area (Å²) in [7, 11) is 1.55. The molecule has 3 nitrogen and oxygen atoms in total. The van der Waals surface area contributed by atoms with Crippen LogP contribution in [-0.4, -0.2) is 35.3 Å². The van der Waals surface area contributed by atoms with E-state index in [2.05, 4.69) is 0 Å². The van der Waals surface area contributed by atoms with E-state index in [9.17, 15) is 9.59 Å². The largest absolute Gasteiger partial charge is 0.284 e. The van der Waals surface area contributed by atoms with Crippen LogP contribution < -0.4 is 0 Å². The van der Waals surface area contributed by atoms with Crippen LogP contribution in [0.15, 0.2) is 30.3 Å². The van der Waals surface area contributed by atoms with Crippen LogP contribution in [0.1, 0.15) is 11.5 Å². The summed E-state index contributed by atoms with van der Waals surface area (Å²) in [5, 5.41) is -0.278. The Morgan fingerprint density at radius 2 is 1.75 bits per heavy atom. The summed E-state index contributed by atoms with van der Waals surface area (Å²) in [6.45, 7) is 0. The van der Waals surface area contributed by atoms with Gasteiger partial charge in [0.1, 0.15) is 0 Å². The molecule has 1 aliphatic heterocycles. The van der Waals surface area contributed by atoms with Gasteiger partial charge in [0.25, 0.3) is 0 Å². The maximum absolute atomic E-state index is 12.0. The third-order valence-corrected chi connectivity index (χ3v) is 3.87. The molecular weight excluding hydrogens is 222 g/mol. The smallest absolute Gasteiger partial charge is 0.243 e. The first-order valence-electron chi connectivity index (χ1n) is 5.06. The Balaban J connectivity index is 2.40. The van der Waals surface area contributed by atoms with Gasteiger partial charge in [-0.05, 0) is 11.8 Å².